The summed E-state index contributed by atoms with van der Waals surface area (Å²) in [4.78, 5) is 6.89. The first kappa shape index (κ1) is 7.84. The van der Waals surface area contributed by atoms with Crippen molar-refractivity contribution in [2.75, 3.05) is 0 Å². The number of nitrogens with zero attached hydrogens (tertiary/aromatic N) is 3. The molecule has 0 aromatic heterocycles. The second-order valence-corrected chi connectivity index (χ2v) is 5.53. The highest BCUT2D eigenvalue weighted by Crippen LogP contribution is 2.47. The molecule has 3 aliphatic rings. The van der Waals surface area contributed by atoms with E-state index in [0.29, 0.717) is 0 Å². The van der Waals surface area contributed by atoms with Crippen molar-refractivity contribution >= 4 is 37.1 Å². The van der Waals surface area contributed by atoms with E-state index < -0.39 is 0 Å². The molecule has 4 heteroatoms. The molecule has 0 bridgehead atoms. The van der Waals surface area contributed by atoms with Crippen LogP contribution in [-0.2, 0) is 0 Å². The van der Waals surface area contributed by atoms with Crippen LogP contribution >= 0.6 is 21.0 Å². The fourth-order valence-corrected chi connectivity index (χ4v) is 3.65. The van der Waals surface area contributed by atoms with Gasteiger partial charge in [-0.15, -0.1) is 0 Å². The van der Waals surface area contributed by atoms with Crippen molar-refractivity contribution in [2.24, 2.45) is 8.20 Å². The fourth-order valence-electron chi connectivity index (χ4n) is 2.07. The molecule has 0 spiro atoms. The summed E-state index contributed by atoms with van der Waals surface area (Å²) in [7, 11) is 0. The minimum atomic E-state index is -0.164. The van der Waals surface area contributed by atoms with E-state index in [-0.39, 0.29) is 32.1 Å². The molecule has 2 unspecified atom stereocenters. The molecule has 2 atom stereocenters. The number of aliphatic imine (C=N–C) groups is 1. The molecule has 0 saturated heterocycles. The van der Waals surface area contributed by atoms with Crippen LogP contribution in [0.4, 0.5) is 0 Å². The Morgan fingerprint density at radius 2 is 2.31 bits per heavy atom. The second kappa shape index (κ2) is 2.10. The van der Waals surface area contributed by atoms with E-state index in [0.717, 1.165) is 5.71 Å². The molecule has 0 amide bonds. The lowest BCUT2D eigenvalue weighted by molar-refractivity contribution is 0.260. The largest absolute Gasteiger partial charge is 0.334 e. The molecule has 13 heavy (non-hydrogen) atoms. The Morgan fingerprint density at radius 1 is 1.46 bits per heavy atom. The molecule has 0 aromatic rings. The van der Waals surface area contributed by atoms with Gasteiger partial charge in [0, 0.05) is 27.2 Å². The van der Waals surface area contributed by atoms with Gasteiger partial charge in [-0.1, -0.05) is 0 Å². The summed E-state index contributed by atoms with van der Waals surface area (Å²) in [6.45, 7) is 4.42. The lowest BCUT2D eigenvalue weighted by Crippen LogP contribution is -2.66. The van der Waals surface area contributed by atoms with Crippen LogP contribution < -0.4 is 0 Å². The molecule has 3 rings (SSSR count). The van der Waals surface area contributed by atoms with Crippen molar-refractivity contribution in [1.29, 1.82) is 0 Å². The first-order valence-corrected chi connectivity index (χ1v) is 6.45. The van der Waals surface area contributed by atoms with Gasteiger partial charge in [-0.3, -0.25) is 4.99 Å². The van der Waals surface area contributed by atoms with Gasteiger partial charge < -0.3 is 4.90 Å². The van der Waals surface area contributed by atoms with E-state index in [1.165, 1.54) is 0 Å². The molecular formula is C9H10IN3. The fraction of sp³-hybridized carbons (Fsp3) is 0.444. The predicted molar refractivity (Wildman–Crippen MR) is 63.8 cm³/mol. The van der Waals surface area contributed by atoms with Crippen molar-refractivity contribution in [3.05, 3.63) is 12.3 Å². The maximum absolute atomic E-state index is 4.60. The monoisotopic (exact) mass is 287 g/mol. The van der Waals surface area contributed by atoms with Gasteiger partial charge in [-0.25, -0.2) is 3.21 Å². The van der Waals surface area contributed by atoms with Gasteiger partial charge in [0.2, 0.25) is 0 Å². The number of hydrogen-bond donors (Lipinski definition) is 0. The maximum Gasteiger partial charge on any atom is 0.113 e. The van der Waals surface area contributed by atoms with Gasteiger partial charge in [0.05, 0.1) is 16.1 Å². The lowest BCUT2D eigenvalue weighted by Gasteiger charge is -2.49. The summed E-state index contributed by atoms with van der Waals surface area (Å²) in [5, 5.41) is 0. The topological polar surface area (TPSA) is 28.0 Å². The zero-order valence-corrected chi connectivity index (χ0v) is 9.69. The van der Waals surface area contributed by atoms with E-state index in [1.807, 2.05) is 6.21 Å². The van der Waals surface area contributed by atoms with Crippen LogP contribution in [0.1, 0.15) is 13.8 Å². The van der Waals surface area contributed by atoms with Crippen LogP contribution in [0.15, 0.2) is 20.5 Å². The maximum atomic E-state index is 4.60. The third kappa shape index (κ3) is 0.697. The minimum absolute atomic E-state index is 0.0149. The molecule has 0 radical (unpaired) electrons. The molecule has 0 aliphatic carbocycles. The summed E-state index contributed by atoms with van der Waals surface area (Å²) in [5.41, 5.74) is 1.18. The van der Waals surface area contributed by atoms with Gasteiger partial charge in [0.25, 0.3) is 0 Å². The van der Waals surface area contributed by atoms with E-state index >= 15 is 0 Å². The zero-order chi connectivity index (χ0) is 9.10. The molecule has 3 nitrogen and oxygen atoms in total. The number of halogens is 1. The molecule has 0 aromatic carbocycles. The summed E-state index contributed by atoms with van der Waals surface area (Å²) in [6, 6.07) is 0. The Labute approximate surface area is 87.4 Å². The molecule has 0 saturated carbocycles. The highest BCUT2D eigenvalue weighted by molar-refractivity contribution is 14.2. The van der Waals surface area contributed by atoms with Crippen LogP contribution in [0.3, 0.4) is 0 Å². The van der Waals surface area contributed by atoms with Crippen molar-refractivity contribution in [2.45, 2.75) is 24.9 Å². The summed E-state index contributed by atoms with van der Waals surface area (Å²) < 4.78 is 6.61. The predicted octanol–water partition coefficient (Wildman–Crippen LogP) is 1.52. The number of rotatable bonds is 0. The van der Waals surface area contributed by atoms with E-state index in [1.54, 1.807) is 0 Å². The third-order valence-electron chi connectivity index (χ3n) is 3.29. The van der Waals surface area contributed by atoms with Crippen molar-refractivity contribution in [3.8, 4) is 0 Å². The summed E-state index contributed by atoms with van der Waals surface area (Å²) >= 11 is -0.164. The lowest BCUT2D eigenvalue weighted by atomic mass is 9.72. The van der Waals surface area contributed by atoms with Gasteiger partial charge in [-0.05, 0) is 19.9 Å². The minimum Gasteiger partial charge on any atom is -0.334 e. The van der Waals surface area contributed by atoms with E-state index in [4.69, 9.17) is 0 Å². The first-order chi connectivity index (χ1) is 6.17. The average molecular weight is 287 g/mol. The van der Waals surface area contributed by atoms with Gasteiger partial charge in [0.1, 0.15) is 11.1 Å². The van der Waals surface area contributed by atoms with Gasteiger partial charge in [0.15, 0.2) is 0 Å². The molecule has 3 aliphatic heterocycles. The van der Waals surface area contributed by atoms with E-state index in [9.17, 15) is 0 Å². The quantitative estimate of drug-likeness (QED) is 0.621. The van der Waals surface area contributed by atoms with Gasteiger partial charge in [-0.2, -0.15) is 0 Å². The molecular weight excluding hydrogens is 277 g/mol. The number of hydrogen-bond acceptors (Lipinski definition) is 3. The zero-order valence-electron chi connectivity index (χ0n) is 7.53. The molecule has 0 fully saturated rings. The molecule has 0 N–H and O–H groups in total. The van der Waals surface area contributed by atoms with Crippen molar-refractivity contribution < 1.29 is 0 Å². The smallest absolute Gasteiger partial charge is 0.113 e. The Bertz CT molecular complexity index is 396. The Balaban J connectivity index is 2.23. The van der Waals surface area contributed by atoms with Gasteiger partial charge >= 0.3 is 0 Å². The standard InChI is InChI=1S/C9H10IN3/c1-8-3-4-13-6-10-11-5-7(12-8)9(8,13)2/h3-6H,1-2H3. The van der Waals surface area contributed by atoms with Crippen LogP contribution in [0, 0.1) is 0 Å². The molecule has 68 valence electrons. The highest BCUT2D eigenvalue weighted by Gasteiger charge is 2.60. The normalized spacial score (nSPS) is 44.8. The average Bonchev–Trinajstić information content (AvgIpc) is 2.25. The Hall–Kier alpha value is -0.520. The highest BCUT2D eigenvalue weighted by atomic mass is 127. The van der Waals surface area contributed by atoms with E-state index in [2.05, 4.69) is 43.4 Å². The third-order valence-corrected chi connectivity index (χ3v) is 4.74. The Morgan fingerprint density at radius 3 is 3.15 bits per heavy atom. The SMILES string of the molecule is CC12C=CN3C=IN=CC(=N1)C32C. The van der Waals surface area contributed by atoms with Crippen LogP contribution in [-0.4, -0.2) is 32.0 Å². The molecule has 3 heterocycles. The van der Waals surface area contributed by atoms with Crippen molar-refractivity contribution in [1.82, 2.24) is 4.90 Å². The van der Waals surface area contributed by atoms with Crippen LogP contribution in [0.25, 0.3) is 0 Å². The van der Waals surface area contributed by atoms with Crippen molar-refractivity contribution in [3.63, 3.8) is 0 Å². The summed E-state index contributed by atoms with van der Waals surface area (Å²) in [5.74, 6) is 0. The first-order valence-electron chi connectivity index (χ1n) is 4.24. The second-order valence-electron chi connectivity index (χ2n) is 3.86. The van der Waals surface area contributed by atoms with Crippen LogP contribution in [0.5, 0.6) is 0 Å². The summed E-state index contributed by atoms with van der Waals surface area (Å²) in [6.07, 6.45) is 6.29. The van der Waals surface area contributed by atoms with Crippen LogP contribution in [0.2, 0.25) is 0 Å². The Kier molecular flexibility index (Phi) is 1.27.